The summed E-state index contributed by atoms with van der Waals surface area (Å²) < 4.78 is 11.0. The number of nitrogens with zero attached hydrogens (tertiary/aromatic N) is 2. The van der Waals surface area contributed by atoms with Gasteiger partial charge >= 0.3 is 6.09 Å². The smallest absolute Gasteiger partial charge is 0.410 e. The first-order valence-corrected chi connectivity index (χ1v) is 7.89. The minimum absolute atomic E-state index is 0.173. The number of amides is 1. The van der Waals surface area contributed by atoms with Gasteiger partial charge in [-0.2, -0.15) is 0 Å². The molecule has 1 aliphatic rings. The van der Waals surface area contributed by atoms with Crippen LogP contribution in [0, 0.1) is 13.8 Å². The van der Waals surface area contributed by atoms with Crippen molar-refractivity contribution in [2.75, 3.05) is 13.1 Å². The van der Waals surface area contributed by atoms with Gasteiger partial charge in [-0.3, -0.25) is 0 Å². The maximum Gasteiger partial charge on any atom is 0.410 e. The highest BCUT2D eigenvalue weighted by atomic mass is 16.6. The molecule has 1 N–H and O–H groups in total. The number of carbonyl (C=O) groups is 1. The molecule has 0 radical (unpaired) electrons. The van der Waals surface area contributed by atoms with Crippen LogP contribution in [0.25, 0.3) is 0 Å². The van der Waals surface area contributed by atoms with Crippen molar-refractivity contribution in [3.05, 3.63) is 17.3 Å². The SMILES string of the molecule is Cc1nc(CNCC2CCCN2C(=O)OC(C)(C)C)oc1C. The van der Waals surface area contributed by atoms with Crippen LogP contribution in [-0.4, -0.2) is 40.7 Å². The lowest BCUT2D eigenvalue weighted by molar-refractivity contribution is 0.0226. The van der Waals surface area contributed by atoms with Gasteiger partial charge < -0.3 is 19.4 Å². The van der Waals surface area contributed by atoms with Crippen LogP contribution in [0.5, 0.6) is 0 Å². The zero-order valence-corrected chi connectivity index (χ0v) is 14.2. The number of ether oxygens (including phenoxy) is 1. The van der Waals surface area contributed by atoms with Crippen LogP contribution in [0.15, 0.2) is 4.42 Å². The summed E-state index contributed by atoms with van der Waals surface area (Å²) in [6.45, 7) is 11.6. The molecule has 0 bridgehead atoms. The molecule has 1 atom stereocenters. The second-order valence-corrected chi connectivity index (χ2v) is 6.85. The van der Waals surface area contributed by atoms with Crippen molar-refractivity contribution in [1.82, 2.24) is 15.2 Å². The number of aryl methyl sites for hydroxylation is 2. The molecule has 0 aliphatic carbocycles. The highest BCUT2D eigenvalue weighted by Gasteiger charge is 2.31. The van der Waals surface area contributed by atoms with Crippen LogP contribution >= 0.6 is 0 Å². The fourth-order valence-corrected chi connectivity index (χ4v) is 2.57. The molecule has 2 heterocycles. The summed E-state index contributed by atoms with van der Waals surface area (Å²) in [5.41, 5.74) is 0.471. The van der Waals surface area contributed by atoms with E-state index in [-0.39, 0.29) is 12.1 Å². The topological polar surface area (TPSA) is 67.6 Å². The van der Waals surface area contributed by atoms with E-state index >= 15 is 0 Å². The van der Waals surface area contributed by atoms with Crippen LogP contribution in [0.1, 0.15) is 51.0 Å². The quantitative estimate of drug-likeness (QED) is 0.926. The molecule has 1 saturated heterocycles. The van der Waals surface area contributed by atoms with Crippen molar-refractivity contribution >= 4 is 6.09 Å². The van der Waals surface area contributed by atoms with E-state index in [2.05, 4.69) is 10.3 Å². The highest BCUT2D eigenvalue weighted by Crippen LogP contribution is 2.20. The van der Waals surface area contributed by atoms with Gasteiger partial charge in [0.15, 0.2) is 0 Å². The van der Waals surface area contributed by atoms with Crippen molar-refractivity contribution in [3.63, 3.8) is 0 Å². The summed E-state index contributed by atoms with van der Waals surface area (Å²) in [7, 11) is 0. The molecular weight excluding hydrogens is 282 g/mol. The summed E-state index contributed by atoms with van der Waals surface area (Å²) in [4.78, 5) is 18.4. The summed E-state index contributed by atoms with van der Waals surface area (Å²) in [5.74, 6) is 1.55. The maximum atomic E-state index is 12.2. The lowest BCUT2D eigenvalue weighted by atomic mass is 10.2. The summed E-state index contributed by atoms with van der Waals surface area (Å²) in [6, 6.07) is 0.173. The van der Waals surface area contributed by atoms with E-state index in [1.54, 1.807) is 0 Å². The van der Waals surface area contributed by atoms with Crippen molar-refractivity contribution in [3.8, 4) is 0 Å². The van der Waals surface area contributed by atoms with Gasteiger partial charge in [-0.05, 0) is 47.5 Å². The number of aromatic nitrogens is 1. The number of hydrogen-bond donors (Lipinski definition) is 1. The fraction of sp³-hybridized carbons (Fsp3) is 0.750. The van der Waals surface area contributed by atoms with E-state index in [1.165, 1.54) is 0 Å². The van der Waals surface area contributed by atoms with E-state index in [4.69, 9.17) is 9.15 Å². The average Bonchev–Trinajstić information content (AvgIpc) is 2.95. The highest BCUT2D eigenvalue weighted by molar-refractivity contribution is 5.69. The van der Waals surface area contributed by atoms with Crippen LogP contribution in [0.3, 0.4) is 0 Å². The summed E-state index contributed by atoms with van der Waals surface area (Å²) in [5, 5.41) is 3.33. The van der Waals surface area contributed by atoms with Gasteiger partial charge in [0.2, 0.25) is 5.89 Å². The van der Waals surface area contributed by atoms with Gasteiger partial charge in [0, 0.05) is 19.1 Å². The molecule has 1 aromatic rings. The number of likely N-dealkylation sites (tertiary alicyclic amines) is 1. The molecule has 1 unspecified atom stereocenters. The van der Waals surface area contributed by atoms with E-state index < -0.39 is 5.60 Å². The van der Waals surface area contributed by atoms with Crippen LogP contribution in [0.4, 0.5) is 4.79 Å². The molecule has 0 spiro atoms. The summed E-state index contributed by atoms with van der Waals surface area (Å²) >= 11 is 0. The van der Waals surface area contributed by atoms with Crippen molar-refractivity contribution in [1.29, 1.82) is 0 Å². The zero-order valence-electron chi connectivity index (χ0n) is 14.2. The van der Waals surface area contributed by atoms with Crippen molar-refractivity contribution in [2.45, 2.75) is 65.6 Å². The van der Waals surface area contributed by atoms with Crippen molar-refractivity contribution in [2.24, 2.45) is 0 Å². The number of nitrogens with one attached hydrogen (secondary N) is 1. The number of rotatable bonds is 4. The first-order chi connectivity index (χ1) is 10.3. The monoisotopic (exact) mass is 309 g/mol. The Balaban J connectivity index is 1.82. The van der Waals surface area contributed by atoms with Crippen LogP contribution in [0.2, 0.25) is 0 Å². The Labute approximate surface area is 132 Å². The molecule has 1 fully saturated rings. The molecule has 6 nitrogen and oxygen atoms in total. The van der Waals surface area contributed by atoms with E-state index in [0.717, 1.165) is 37.4 Å². The van der Waals surface area contributed by atoms with Gasteiger partial charge in [0.25, 0.3) is 0 Å². The second-order valence-electron chi connectivity index (χ2n) is 6.85. The zero-order chi connectivity index (χ0) is 16.3. The third-order valence-electron chi connectivity index (χ3n) is 3.73. The maximum absolute atomic E-state index is 12.2. The Morgan fingerprint density at radius 3 is 2.77 bits per heavy atom. The Bertz CT molecular complexity index is 500. The van der Waals surface area contributed by atoms with Crippen molar-refractivity contribution < 1.29 is 13.9 Å². The number of hydrogen-bond acceptors (Lipinski definition) is 5. The van der Waals surface area contributed by atoms with Gasteiger partial charge in [0.05, 0.1) is 12.2 Å². The van der Waals surface area contributed by atoms with Gasteiger partial charge in [-0.25, -0.2) is 9.78 Å². The predicted octanol–water partition coefficient (Wildman–Crippen LogP) is 2.78. The fourth-order valence-electron chi connectivity index (χ4n) is 2.57. The lowest BCUT2D eigenvalue weighted by Gasteiger charge is -2.28. The van der Waals surface area contributed by atoms with E-state index in [0.29, 0.717) is 12.4 Å². The second kappa shape index (κ2) is 6.69. The average molecular weight is 309 g/mol. The molecule has 0 saturated carbocycles. The minimum Gasteiger partial charge on any atom is -0.444 e. The Morgan fingerprint density at radius 1 is 1.45 bits per heavy atom. The third-order valence-corrected chi connectivity index (χ3v) is 3.73. The first kappa shape index (κ1) is 16.8. The van der Waals surface area contributed by atoms with E-state index in [9.17, 15) is 4.79 Å². The van der Waals surface area contributed by atoms with Crippen LogP contribution < -0.4 is 5.32 Å². The van der Waals surface area contributed by atoms with Gasteiger partial charge in [0.1, 0.15) is 11.4 Å². The molecular formula is C16H27N3O3. The van der Waals surface area contributed by atoms with Crippen LogP contribution in [-0.2, 0) is 11.3 Å². The molecule has 124 valence electrons. The molecule has 6 heteroatoms. The normalized spacial score (nSPS) is 18.8. The molecule has 2 rings (SSSR count). The molecule has 0 aromatic carbocycles. The van der Waals surface area contributed by atoms with Gasteiger partial charge in [-0.1, -0.05) is 0 Å². The molecule has 22 heavy (non-hydrogen) atoms. The first-order valence-electron chi connectivity index (χ1n) is 7.89. The molecule has 1 aliphatic heterocycles. The lowest BCUT2D eigenvalue weighted by Crippen LogP contribution is -2.44. The molecule has 1 aromatic heterocycles. The minimum atomic E-state index is -0.454. The Morgan fingerprint density at radius 2 is 2.18 bits per heavy atom. The largest absolute Gasteiger partial charge is 0.444 e. The van der Waals surface area contributed by atoms with E-state index in [1.807, 2.05) is 39.5 Å². The third kappa shape index (κ3) is 4.47. The number of carbonyl (C=O) groups excluding carboxylic acids is 1. The predicted molar refractivity (Wildman–Crippen MR) is 83.6 cm³/mol. The Hall–Kier alpha value is -1.56. The summed E-state index contributed by atoms with van der Waals surface area (Å²) in [6.07, 6.45) is 1.79. The van der Waals surface area contributed by atoms with Gasteiger partial charge in [-0.15, -0.1) is 0 Å². The molecule has 1 amide bonds. The standard InChI is InChI=1S/C16H27N3O3/c1-11-12(2)21-14(18-11)10-17-9-13-7-6-8-19(13)15(20)22-16(3,4)5/h13,17H,6-10H2,1-5H3. The Kier molecular flexibility index (Phi) is 5.11. The number of oxazole rings is 1.